The van der Waals surface area contributed by atoms with Crippen LogP contribution in [0.5, 0.6) is 0 Å². The minimum Gasteiger partial charge on any atom is -0.452 e. The number of carbonyl (C=O) groups excluding carboxylic acids is 2. The topological polar surface area (TPSA) is 49.9 Å². The summed E-state index contributed by atoms with van der Waals surface area (Å²) in [6.07, 6.45) is 3.24. The molecule has 2 aromatic rings. The molecule has 2 aromatic carbocycles. The van der Waals surface area contributed by atoms with Gasteiger partial charge in [0.2, 0.25) is 0 Å². The lowest BCUT2D eigenvalue weighted by molar-refractivity contribution is -0.134. The molecule has 0 aromatic heterocycles. The van der Waals surface area contributed by atoms with E-state index < -0.39 is 5.97 Å². The smallest absolute Gasteiger partial charge is 0.338 e. The van der Waals surface area contributed by atoms with Crippen LogP contribution < -0.4 is 4.90 Å². The highest BCUT2D eigenvalue weighted by Crippen LogP contribution is 2.23. The third-order valence-corrected chi connectivity index (χ3v) is 5.41. The minimum atomic E-state index is -0.416. The van der Waals surface area contributed by atoms with Crippen LogP contribution in [-0.2, 0) is 22.4 Å². The van der Waals surface area contributed by atoms with E-state index in [4.69, 9.17) is 4.74 Å². The molecule has 0 spiro atoms. The van der Waals surface area contributed by atoms with Crippen LogP contribution in [0.1, 0.15) is 27.9 Å². The van der Waals surface area contributed by atoms with E-state index in [0.717, 1.165) is 32.4 Å². The van der Waals surface area contributed by atoms with Crippen LogP contribution in [0.2, 0.25) is 0 Å². The van der Waals surface area contributed by atoms with E-state index in [0.29, 0.717) is 18.7 Å². The molecular formula is C22H24N2O3. The summed E-state index contributed by atoms with van der Waals surface area (Å²) >= 11 is 0. The van der Waals surface area contributed by atoms with Crippen molar-refractivity contribution in [2.75, 3.05) is 37.7 Å². The van der Waals surface area contributed by atoms with Crippen molar-refractivity contribution < 1.29 is 14.3 Å². The monoisotopic (exact) mass is 364 g/mol. The average molecular weight is 364 g/mol. The molecule has 1 amide bonds. The molecule has 1 heterocycles. The van der Waals surface area contributed by atoms with Crippen LogP contribution in [-0.4, -0.2) is 49.6 Å². The number of hydrogen-bond donors (Lipinski definition) is 0. The SMILES string of the molecule is O=C(OCC(=O)N1CCN(c2ccccc2)CC1)c1ccc2c(c1)CCC2. The number of para-hydroxylation sites is 1. The third-order valence-electron chi connectivity index (χ3n) is 5.41. The number of nitrogens with zero attached hydrogens (tertiary/aromatic N) is 2. The summed E-state index contributed by atoms with van der Waals surface area (Å²) in [7, 11) is 0. The van der Waals surface area contributed by atoms with Gasteiger partial charge in [-0.3, -0.25) is 4.79 Å². The van der Waals surface area contributed by atoms with E-state index in [9.17, 15) is 9.59 Å². The Labute approximate surface area is 159 Å². The molecule has 1 aliphatic carbocycles. The number of esters is 1. The number of benzene rings is 2. The standard InChI is InChI=1S/C22H24N2O3/c25-21(24-13-11-23(12-14-24)20-7-2-1-3-8-20)16-27-22(26)19-10-9-17-5-4-6-18(17)15-19/h1-3,7-10,15H,4-6,11-14,16H2. The van der Waals surface area contributed by atoms with Crippen molar-refractivity contribution in [2.45, 2.75) is 19.3 Å². The van der Waals surface area contributed by atoms with Crippen LogP contribution in [0.4, 0.5) is 5.69 Å². The zero-order valence-electron chi connectivity index (χ0n) is 15.4. The van der Waals surface area contributed by atoms with Gasteiger partial charge in [-0.05, 0) is 54.7 Å². The van der Waals surface area contributed by atoms with E-state index in [1.165, 1.54) is 16.8 Å². The predicted octanol–water partition coefficient (Wildman–Crippen LogP) is 2.68. The molecule has 140 valence electrons. The van der Waals surface area contributed by atoms with Crippen LogP contribution in [0.15, 0.2) is 48.5 Å². The summed E-state index contributed by atoms with van der Waals surface area (Å²) < 4.78 is 5.27. The van der Waals surface area contributed by atoms with Crippen molar-refractivity contribution in [3.8, 4) is 0 Å². The first kappa shape index (κ1) is 17.6. The van der Waals surface area contributed by atoms with E-state index in [1.807, 2.05) is 30.3 Å². The highest BCUT2D eigenvalue weighted by molar-refractivity contribution is 5.91. The first-order valence-electron chi connectivity index (χ1n) is 9.57. The lowest BCUT2D eigenvalue weighted by Gasteiger charge is -2.36. The normalized spacial score (nSPS) is 16.1. The second-order valence-corrected chi connectivity index (χ2v) is 7.12. The van der Waals surface area contributed by atoms with Gasteiger partial charge < -0.3 is 14.5 Å². The Balaban J connectivity index is 1.27. The summed E-state index contributed by atoms with van der Waals surface area (Å²) in [6.45, 7) is 2.67. The van der Waals surface area contributed by atoms with Gasteiger partial charge in [0.15, 0.2) is 6.61 Å². The number of aryl methyl sites for hydroxylation is 2. The van der Waals surface area contributed by atoms with Crippen LogP contribution in [0, 0.1) is 0 Å². The molecule has 4 rings (SSSR count). The number of fused-ring (bicyclic) bond motifs is 1. The second kappa shape index (κ2) is 7.82. The van der Waals surface area contributed by atoms with Gasteiger partial charge in [0, 0.05) is 31.9 Å². The second-order valence-electron chi connectivity index (χ2n) is 7.12. The number of amides is 1. The summed E-state index contributed by atoms with van der Waals surface area (Å²) in [4.78, 5) is 28.7. The Hall–Kier alpha value is -2.82. The number of rotatable bonds is 4. The fourth-order valence-electron chi connectivity index (χ4n) is 3.85. The molecule has 5 nitrogen and oxygen atoms in total. The highest BCUT2D eigenvalue weighted by atomic mass is 16.5. The maximum Gasteiger partial charge on any atom is 0.338 e. The summed E-state index contributed by atoms with van der Waals surface area (Å²) in [5, 5.41) is 0. The lowest BCUT2D eigenvalue weighted by Crippen LogP contribution is -2.49. The van der Waals surface area contributed by atoms with Gasteiger partial charge in [0.25, 0.3) is 5.91 Å². The van der Waals surface area contributed by atoms with E-state index in [-0.39, 0.29) is 12.5 Å². The van der Waals surface area contributed by atoms with E-state index in [2.05, 4.69) is 17.0 Å². The van der Waals surface area contributed by atoms with Gasteiger partial charge in [-0.15, -0.1) is 0 Å². The van der Waals surface area contributed by atoms with Gasteiger partial charge in [-0.2, -0.15) is 0 Å². The van der Waals surface area contributed by atoms with Gasteiger partial charge in [-0.1, -0.05) is 24.3 Å². The van der Waals surface area contributed by atoms with Crippen LogP contribution in [0.25, 0.3) is 0 Å². The summed E-state index contributed by atoms with van der Waals surface area (Å²) in [5.41, 5.74) is 4.26. The first-order valence-corrected chi connectivity index (χ1v) is 9.57. The molecule has 0 atom stereocenters. The first-order chi connectivity index (χ1) is 13.2. The summed E-state index contributed by atoms with van der Waals surface area (Å²) in [6, 6.07) is 15.9. The van der Waals surface area contributed by atoms with Crippen molar-refractivity contribution in [3.05, 3.63) is 65.2 Å². The number of carbonyl (C=O) groups is 2. The Bertz CT molecular complexity index is 827. The van der Waals surface area contributed by atoms with Gasteiger partial charge in [0.1, 0.15) is 0 Å². The zero-order valence-corrected chi connectivity index (χ0v) is 15.4. The molecule has 0 bridgehead atoms. The maximum absolute atomic E-state index is 12.4. The van der Waals surface area contributed by atoms with Crippen LogP contribution >= 0.6 is 0 Å². The fraction of sp³-hybridized carbons (Fsp3) is 0.364. The van der Waals surface area contributed by atoms with Gasteiger partial charge in [0.05, 0.1) is 5.56 Å². The van der Waals surface area contributed by atoms with Crippen molar-refractivity contribution >= 4 is 17.6 Å². The quantitative estimate of drug-likeness (QED) is 0.783. The summed E-state index contributed by atoms with van der Waals surface area (Å²) in [5.74, 6) is -0.543. The number of hydrogen-bond acceptors (Lipinski definition) is 4. The number of piperazine rings is 1. The van der Waals surface area contributed by atoms with Gasteiger partial charge in [-0.25, -0.2) is 4.79 Å². The molecule has 0 saturated carbocycles. The molecule has 0 radical (unpaired) electrons. The zero-order chi connectivity index (χ0) is 18.6. The fourth-order valence-corrected chi connectivity index (χ4v) is 3.85. The molecule has 0 unspecified atom stereocenters. The largest absolute Gasteiger partial charge is 0.452 e. The predicted molar refractivity (Wildman–Crippen MR) is 104 cm³/mol. The molecule has 27 heavy (non-hydrogen) atoms. The molecule has 1 aliphatic heterocycles. The van der Waals surface area contributed by atoms with Crippen molar-refractivity contribution in [3.63, 3.8) is 0 Å². The Morgan fingerprint density at radius 3 is 2.41 bits per heavy atom. The maximum atomic E-state index is 12.4. The molecular weight excluding hydrogens is 340 g/mol. The number of ether oxygens (including phenoxy) is 1. The third kappa shape index (κ3) is 3.97. The Morgan fingerprint density at radius 1 is 0.889 bits per heavy atom. The van der Waals surface area contributed by atoms with E-state index >= 15 is 0 Å². The van der Waals surface area contributed by atoms with Crippen molar-refractivity contribution in [1.29, 1.82) is 0 Å². The Morgan fingerprint density at radius 2 is 1.63 bits per heavy atom. The average Bonchev–Trinajstić information content (AvgIpc) is 3.20. The molecule has 0 N–H and O–H groups in total. The van der Waals surface area contributed by atoms with Crippen molar-refractivity contribution in [1.82, 2.24) is 4.90 Å². The van der Waals surface area contributed by atoms with Crippen LogP contribution in [0.3, 0.4) is 0 Å². The molecule has 5 heteroatoms. The minimum absolute atomic E-state index is 0.128. The molecule has 2 aliphatic rings. The van der Waals surface area contributed by atoms with Crippen molar-refractivity contribution in [2.24, 2.45) is 0 Å². The highest BCUT2D eigenvalue weighted by Gasteiger charge is 2.22. The van der Waals surface area contributed by atoms with E-state index in [1.54, 1.807) is 11.0 Å². The molecule has 1 fully saturated rings. The lowest BCUT2D eigenvalue weighted by atomic mass is 10.1. The Kier molecular flexibility index (Phi) is 5.10. The molecule has 1 saturated heterocycles. The van der Waals surface area contributed by atoms with Gasteiger partial charge >= 0.3 is 5.97 Å². The number of anilines is 1.